The maximum Gasteiger partial charge on any atom is 0.272 e. The Kier molecular flexibility index (Phi) is 5.12. The number of para-hydroxylation sites is 1. The van der Waals surface area contributed by atoms with Crippen molar-refractivity contribution in [3.8, 4) is 29.0 Å². The molecule has 7 heteroatoms. The number of aromatic nitrogens is 2. The second kappa shape index (κ2) is 7.84. The van der Waals surface area contributed by atoms with E-state index in [1.165, 1.54) is 18.4 Å². The highest BCUT2D eigenvalue weighted by atomic mass is 19.1. The molecule has 6 nitrogen and oxygen atoms in total. The van der Waals surface area contributed by atoms with Crippen molar-refractivity contribution in [2.75, 3.05) is 13.2 Å². The molecule has 0 saturated heterocycles. The summed E-state index contributed by atoms with van der Waals surface area (Å²) >= 11 is 0. The van der Waals surface area contributed by atoms with Gasteiger partial charge in [-0.3, -0.25) is 9.89 Å². The van der Waals surface area contributed by atoms with Crippen LogP contribution in [-0.2, 0) is 0 Å². The summed E-state index contributed by atoms with van der Waals surface area (Å²) in [5, 5.41) is 9.26. The molecule has 3 rings (SSSR count). The van der Waals surface area contributed by atoms with Gasteiger partial charge in [0, 0.05) is 6.07 Å². The molecular weight excluding hydrogens is 325 g/mol. The van der Waals surface area contributed by atoms with E-state index in [9.17, 15) is 9.18 Å². The van der Waals surface area contributed by atoms with Crippen molar-refractivity contribution in [3.05, 3.63) is 60.2 Å². The highest BCUT2D eigenvalue weighted by Gasteiger charge is 2.11. The number of halogens is 1. The SMILES string of the molecule is O=C(NCC#CCOc1ccccc1F)c1cc(-c2ccco2)[nH]n1. The molecule has 0 fully saturated rings. The summed E-state index contributed by atoms with van der Waals surface area (Å²) in [4.78, 5) is 12.0. The monoisotopic (exact) mass is 339 g/mol. The highest BCUT2D eigenvalue weighted by molar-refractivity contribution is 5.93. The van der Waals surface area contributed by atoms with Gasteiger partial charge in [0.2, 0.25) is 0 Å². The van der Waals surface area contributed by atoms with Crippen LogP contribution in [0.15, 0.2) is 53.1 Å². The summed E-state index contributed by atoms with van der Waals surface area (Å²) in [7, 11) is 0. The van der Waals surface area contributed by atoms with Crippen LogP contribution in [0.25, 0.3) is 11.5 Å². The van der Waals surface area contributed by atoms with E-state index in [4.69, 9.17) is 9.15 Å². The van der Waals surface area contributed by atoms with Gasteiger partial charge in [-0.2, -0.15) is 5.10 Å². The Bertz CT molecular complexity index is 907. The smallest absolute Gasteiger partial charge is 0.272 e. The van der Waals surface area contributed by atoms with Crippen molar-refractivity contribution in [1.29, 1.82) is 0 Å². The minimum atomic E-state index is -0.441. The van der Waals surface area contributed by atoms with Crippen molar-refractivity contribution in [1.82, 2.24) is 15.5 Å². The number of carbonyl (C=O) groups is 1. The van der Waals surface area contributed by atoms with Gasteiger partial charge in [-0.25, -0.2) is 4.39 Å². The van der Waals surface area contributed by atoms with Crippen LogP contribution in [0.3, 0.4) is 0 Å². The first kappa shape index (κ1) is 16.3. The van der Waals surface area contributed by atoms with Crippen LogP contribution in [0.5, 0.6) is 5.75 Å². The fraction of sp³-hybridized carbons (Fsp3) is 0.111. The van der Waals surface area contributed by atoms with Crippen LogP contribution in [0, 0.1) is 17.7 Å². The third-order valence-electron chi connectivity index (χ3n) is 3.20. The predicted molar refractivity (Wildman–Crippen MR) is 88.3 cm³/mol. The fourth-order valence-corrected chi connectivity index (χ4v) is 2.00. The Hall–Kier alpha value is -3.53. The number of nitrogens with zero attached hydrogens (tertiary/aromatic N) is 1. The molecule has 1 aromatic carbocycles. The molecule has 2 N–H and O–H groups in total. The maximum atomic E-state index is 13.3. The van der Waals surface area contributed by atoms with Gasteiger partial charge in [0.25, 0.3) is 5.91 Å². The highest BCUT2D eigenvalue weighted by Crippen LogP contribution is 2.17. The van der Waals surface area contributed by atoms with Gasteiger partial charge in [0.1, 0.15) is 12.3 Å². The molecule has 126 valence electrons. The minimum Gasteiger partial charge on any atom is -0.478 e. The lowest BCUT2D eigenvalue weighted by atomic mass is 10.3. The number of nitrogens with one attached hydrogen (secondary N) is 2. The van der Waals surface area contributed by atoms with E-state index in [0.29, 0.717) is 11.5 Å². The molecule has 0 unspecified atom stereocenters. The quantitative estimate of drug-likeness (QED) is 0.700. The van der Waals surface area contributed by atoms with E-state index in [-0.39, 0.29) is 30.5 Å². The zero-order chi connectivity index (χ0) is 17.5. The molecule has 1 amide bonds. The molecular formula is C18H14FN3O3. The van der Waals surface area contributed by atoms with Crippen LogP contribution in [0.1, 0.15) is 10.5 Å². The lowest BCUT2D eigenvalue weighted by Gasteiger charge is -2.01. The predicted octanol–water partition coefficient (Wildman–Crippen LogP) is 2.62. The zero-order valence-electron chi connectivity index (χ0n) is 13.1. The van der Waals surface area contributed by atoms with Gasteiger partial charge in [-0.1, -0.05) is 24.0 Å². The first-order chi connectivity index (χ1) is 12.2. The van der Waals surface area contributed by atoms with E-state index >= 15 is 0 Å². The molecule has 0 radical (unpaired) electrons. The molecule has 0 saturated carbocycles. The van der Waals surface area contributed by atoms with Gasteiger partial charge in [0.05, 0.1) is 12.8 Å². The van der Waals surface area contributed by atoms with Crippen molar-refractivity contribution >= 4 is 5.91 Å². The molecule has 0 atom stereocenters. The summed E-state index contributed by atoms with van der Waals surface area (Å²) in [6.07, 6.45) is 1.54. The largest absolute Gasteiger partial charge is 0.478 e. The normalized spacial score (nSPS) is 9.96. The summed E-state index contributed by atoms with van der Waals surface area (Å²) in [6.45, 7) is 0.157. The van der Waals surface area contributed by atoms with E-state index < -0.39 is 5.82 Å². The average molecular weight is 339 g/mol. The number of hydrogen-bond acceptors (Lipinski definition) is 4. The lowest BCUT2D eigenvalue weighted by molar-refractivity contribution is 0.0953. The summed E-state index contributed by atoms with van der Waals surface area (Å²) < 4.78 is 23.7. The topological polar surface area (TPSA) is 80.1 Å². The van der Waals surface area contributed by atoms with Crippen molar-refractivity contribution < 1.29 is 18.3 Å². The standard InChI is InChI=1S/C18H14FN3O3/c19-13-6-1-2-7-16(13)24-10-4-3-9-20-18(23)15-12-14(21-22-15)17-8-5-11-25-17/h1-2,5-8,11-12H,9-10H2,(H,20,23)(H,21,22). The van der Waals surface area contributed by atoms with Crippen molar-refractivity contribution in [3.63, 3.8) is 0 Å². The Labute approximate surface area is 143 Å². The molecule has 0 bridgehead atoms. The number of H-pyrrole nitrogens is 1. The Morgan fingerprint density at radius 1 is 1.28 bits per heavy atom. The average Bonchev–Trinajstić information content (AvgIpc) is 3.30. The van der Waals surface area contributed by atoms with Crippen LogP contribution in [-0.4, -0.2) is 29.3 Å². The van der Waals surface area contributed by atoms with E-state index in [1.807, 2.05) is 0 Å². The van der Waals surface area contributed by atoms with Crippen LogP contribution in [0.2, 0.25) is 0 Å². The number of amides is 1. The molecule has 0 spiro atoms. The summed E-state index contributed by atoms with van der Waals surface area (Å²) in [5.74, 6) is 5.35. The van der Waals surface area contributed by atoms with Crippen molar-refractivity contribution in [2.45, 2.75) is 0 Å². The number of ether oxygens (including phenoxy) is 1. The Morgan fingerprint density at radius 2 is 2.16 bits per heavy atom. The molecule has 2 aromatic heterocycles. The number of furan rings is 1. The fourth-order valence-electron chi connectivity index (χ4n) is 2.00. The Balaban J connectivity index is 1.45. The first-order valence-electron chi connectivity index (χ1n) is 7.44. The van der Waals surface area contributed by atoms with Crippen LogP contribution >= 0.6 is 0 Å². The van der Waals surface area contributed by atoms with Crippen LogP contribution < -0.4 is 10.1 Å². The molecule has 25 heavy (non-hydrogen) atoms. The number of carbonyl (C=O) groups excluding carboxylic acids is 1. The summed E-state index contributed by atoms with van der Waals surface area (Å²) in [5.41, 5.74) is 0.843. The maximum absolute atomic E-state index is 13.3. The van der Waals surface area contributed by atoms with Gasteiger partial charge in [-0.15, -0.1) is 0 Å². The van der Waals surface area contributed by atoms with E-state index in [2.05, 4.69) is 27.4 Å². The van der Waals surface area contributed by atoms with Gasteiger partial charge < -0.3 is 14.5 Å². The molecule has 2 heterocycles. The van der Waals surface area contributed by atoms with E-state index in [0.717, 1.165) is 0 Å². The second-order valence-corrected chi connectivity index (χ2v) is 4.90. The summed E-state index contributed by atoms with van der Waals surface area (Å²) in [6, 6.07) is 11.2. The third kappa shape index (κ3) is 4.26. The molecule has 0 aliphatic rings. The molecule has 0 aliphatic carbocycles. The van der Waals surface area contributed by atoms with Gasteiger partial charge in [-0.05, 0) is 24.3 Å². The minimum absolute atomic E-state index is 0.0296. The third-order valence-corrected chi connectivity index (χ3v) is 3.20. The number of rotatable bonds is 5. The second-order valence-electron chi connectivity index (χ2n) is 4.90. The Morgan fingerprint density at radius 3 is 2.96 bits per heavy atom. The molecule has 3 aromatic rings. The number of aromatic amines is 1. The lowest BCUT2D eigenvalue weighted by Crippen LogP contribution is -2.24. The van der Waals surface area contributed by atoms with Gasteiger partial charge >= 0.3 is 0 Å². The number of hydrogen-bond donors (Lipinski definition) is 2. The molecule has 0 aliphatic heterocycles. The van der Waals surface area contributed by atoms with Crippen LogP contribution in [0.4, 0.5) is 4.39 Å². The van der Waals surface area contributed by atoms with E-state index in [1.54, 1.807) is 30.3 Å². The first-order valence-corrected chi connectivity index (χ1v) is 7.44. The number of benzene rings is 1. The zero-order valence-corrected chi connectivity index (χ0v) is 13.1. The van der Waals surface area contributed by atoms with Crippen molar-refractivity contribution in [2.24, 2.45) is 0 Å². The van der Waals surface area contributed by atoms with Gasteiger partial charge in [0.15, 0.2) is 23.0 Å².